The first kappa shape index (κ1) is 11.1. The van der Waals surface area contributed by atoms with E-state index in [-0.39, 0.29) is 0 Å². The fourth-order valence-electron chi connectivity index (χ4n) is 1.80. The van der Waals surface area contributed by atoms with Gasteiger partial charge in [-0.3, -0.25) is 0 Å². The Balaban J connectivity index is 2.22. The lowest BCUT2D eigenvalue weighted by Gasteiger charge is -2.28. The van der Waals surface area contributed by atoms with Gasteiger partial charge in [0.25, 0.3) is 0 Å². The number of hydrogen-bond donors (Lipinski definition) is 1. The van der Waals surface area contributed by atoms with Crippen LogP contribution in [0.2, 0.25) is 0 Å². The van der Waals surface area contributed by atoms with E-state index < -0.39 is 0 Å². The highest BCUT2D eigenvalue weighted by Crippen LogP contribution is 2.26. The van der Waals surface area contributed by atoms with Crippen molar-refractivity contribution >= 4 is 12.6 Å². The summed E-state index contributed by atoms with van der Waals surface area (Å²) in [4.78, 5) is 0. The zero-order valence-corrected chi connectivity index (χ0v) is 9.35. The van der Waals surface area contributed by atoms with Crippen molar-refractivity contribution in [2.45, 2.75) is 38.7 Å². The van der Waals surface area contributed by atoms with E-state index in [9.17, 15) is 0 Å². The average Bonchev–Trinajstić information content (AvgIpc) is 2.16. The smallest absolute Gasteiger partial charge is 0.0686 e. The summed E-state index contributed by atoms with van der Waals surface area (Å²) in [6, 6.07) is 0. The third-order valence-electron chi connectivity index (χ3n) is 2.76. The van der Waals surface area contributed by atoms with Crippen molar-refractivity contribution in [3.8, 4) is 0 Å². The fourth-order valence-corrected chi connectivity index (χ4v) is 1.89. The van der Waals surface area contributed by atoms with Crippen LogP contribution in [0.5, 0.6) is 0 Å². The Hall–Kier alpha value is 0.0500. The summed E-state index contributed by atoms with van der Waals surface area (Å²) in [6.45, 7) is 6.86. The van der Waals surface area contributed by atoms with E-state index in [2.05, 4.69) is 26.1 Å². The van der Waals surface area contributed by atoms with Gasteiger partial charge in [-0.1, -0.05) is 26.3 Å². The van der Waals surface area contributed by atoms with Crippen molar-refractivity contribution in [1.82, 2.24) is 0 Å². The molecule has 0 bridgehead atoms. The molecule has 0 aromatic heterocycles. The Labute approximate surface area is 87.0 Å². The van der Waals surface area contributed by atoms with Crippen molar-refractivity contribution in [2.75, 3.05) is 12.4 Å². The first-order chi connectivity index (χ1) is 6.24. The van der Waals surface area contributed by atoms with Gasteiger partial charge in [0.2, 0.25) is 0 Å². The van der Waals surface area contributed by atoms with E-state index in [4.69, 9.17) is 4.74 Å². The van der Waals surface area contributed by atoms with Crippen molar-refractivity contribution in [1.29, 1.82) is 0 Å². The van der Waals surface area contributed by atoms with Crippen molar-refractivity contribution < 1.29 is 4.74 Å². The molecule has 0 saturated heterocycles. The van der Waals surface area contributed by atoms with E-state index in [1.165, 1.54) is 25.7 Å². The summed E-state index contributed by atoms with van der Waals surface area (Å²) in [6.07, 6.45) is 5.70. The molecular formula is C11H20OS. The maximum atomic E-state index is 5.80. The van der Waals surface area contributed by atoms with Crippen LogP contribution in [-0.4, -0.2) is 18.5 Å². The molecule has 0 heterocycles. The van der Waals surface area contributed by atoms with E-state index in [1.807, 2.05) is 0 Å². The molecule has 1 aliphatic rings. The average molecular weight is 200 g/mol. The minimum absolute atomic E-state index is 0.463. The SMILES string of the molecule is C=C(CS)COC1CCCCC1C. The highest BCUT2D eigenvalue weighted by atomic mass is 32.1. The van der Waals surface area contributed by atoms with E-state index in [1.54, 1.807) is 0 Å². The maximum absolute atomic E-state index is 5.80. The Morgan fingerprint density at radius 1 is 1.46 bits per heavy atom. The van der Waals surface area contributed by atoms with Crippen molar-refractivity contribution in [3.63, 3.8) is 0 Å². The van der Waals surface area contributed by atoms with Crippen LogP contribution < -0.4 is 0 Å². The summed E-state index contributed by atoms with van der Waals surface area (Å²) in [5.74, 6) is 1.46. The molecule has 0 spiro atoms. The molecule has 0 aliphatic heterocycles. The summed E-state index contributed by atoms with van der Waals surface area (Å²) in [7, 11) is 0. The normalized spacial score (nSPS) is 28.8. The van der Waals surface area contributed by atoms with E-state index in [0.29, 0.717) is 12.7 Å². The predicted molar refractivity (Wildman–Crippen MR) is 60.4 cm³/mol. The minimum atomic E-state index is 0.463. The first-order valence-corrected chi connectivity index (χ1v) is 5.76. The summed E-state index contributed by atoms with van der Waals surface area (Å²) in [5.41, 5.74) is 1.08. The topological polar surface area (TPSA) is 9.23 Å². The molecule has 2 atom stereocenters. The van der Waals surface area contributed by atoms with Gasteiger partial charge in [0.15, 0.2) is 0 Å². The highest BCUT2D eigenvalue weighted by molar-refractivity contribution is 7.80. The van der Waals surface area contributed by atoms with E-state index >= 15 is 0 Å². The molecule has 13 heavy (non-hydrogen) atoms. The third kappa shape index (κ3) is 3.74. The molecule has 0 aromatic rings. The minimum Gasteiger partial charge on any atom is -0.374 e. The van der Waals surface area contributed by atoms with Crippen LogP contribution in [0, 0.1) is 5.92 Å². The van der Waals surface area contributed by atoms with Crippen molar-refractivity contribution in [2.24, 2.45) is 5.92 Å². The van der Waals surface area contributed by atoms with Crippen LogP contribution in [0.15, 0.2) is 12.2 Å². The summed E-state index contributed by atoms with van der Waals surface area (Å²) < 4.78 is 5.80. The standard InChI is InChI=1S/C11H20OS/c1-9(8-13)7-12-11-6-4-3-5-10(11)2/h10-11,13H,1,3-8H2,2H3. The van der Waals surface area contributed by atoms with Gasteiger partial charge in [-0.05, 0) is 24.3 Å². The zero-order valence-electron chi connectivity index (χ0n) is 8.46. The molecule has 1 aliphatic carbocycles. The van der Waals surface area contributed by atoms with Gasteiger partial charge in [-0.15, -0.1) is 0 Å². The van der Waals surface area contributed by atoms with Crippen LogP contribution >= 0.6 is 12.6 Å². The number of thiol groups is 1. The lowest BCUT2D eigenvalue weighted by atomic mass is 9.88. The molecule has 1 rings (SSSR count). The number of ether oxygens (including phenoxy) is 1. The Kier molecular flexibility index (Phi) is 4.89. The molecule has 1 fully saturated rings. The number of hydrogen-bond acceptors (Lipinski definition) is 2. The van der Waals surface area contributed by atoms with Crippen LogP contribution in [0.1, 0.15) is 32.6 Å². The lowest BCUT2D eigenvalue weighted by Crippen LogP contribution is -2.26. The van der Waals surface area contributed by atoms with E-state index in [0.717, 1.165) is 17.2 Å². The van der Waals surface area contributed by atoms with Crippen molar-refractivity contribution in [3.05, 3.63) is 12.2 Å². The van der Waals surface area contributed by atoms with Gasteiger partial charge in [0.1, 0.15) is 0 Å². The lowest BCUT2D eigenvalue weighted by molar-refractivity contribution is 0.00738. The first-order valence-electron chi connectivity index (χ1n) is 5.13. The molecule has 2 heteroatoms. The monoisotopic (exact) mass is 200 g/mol. The van der Waals surface area contributed by atoms with Crippen LogP contribution in [0.3, 0.4) is 0 Å². The molecule has 0 aromatic carbocycles. The second-order valence-corrected chi connectivity index (χ2v) is 4.34. The van der Waals surface area contributed by atoms with Gasteiger partial charge < -0.3 is 4.74 Å². The van der Waals surface area contributed by atoms with Crippen LogP contribution in [-0.2, 0) is 4.74 Å². The molecule has 1 nitrogen and oxygen atoms in total. The fraction of sp³-hybridized carbons (Fsp3) is 0.818. The van der Waals surface area contributed by atoms with Crippen LogP contribution in [0.25, 0.3) is 0 Å². The van der Waals surface area contributed by atoms with Gasteiger partial charge >= 0.3 is 0 Å². The van der Waals surface area contributed by atoms with Gasteiger partial charge in [-0.2, -0.15) is 12.6 Å². The molecule has 1 saturated carbocycles. The molecule has 0 amide bonds. The summed E-state index contributed by atoms with van der Waals surface area (Å²) >= 11 is 4.16. The largest absolute Gasteiger partial charge is 0.374 e. The van der Waals surface area contributed by atoms with Gasteiger partial charge in [0.05, 0.1) is 12.7 Å². The maximum Gasteiger partial charge on any atom is 0.0686 e. The molecule has 0 radical (unpaired) electrons. The molecular weight excluding hydrogens is 180 g/mol. The Morgan fingerprint density at radius 3 is 2.77 bits per heavy atom. The van der Waals surface area contributed by atoms with Gasteiger partial charge in [0, 0.05) is 5.75 Å². The Morgan fingerprint density at radius 2 is 2.15 bits per heavy atom. The number of rotatable bonds is 4. The quantitative estimate of drug-likeness (QED) is 0.542. The Bertz CT molecular complexity index is 167. The zero-order chi connectivity index (χ0) is 9.68. The second-order valence-electron chi connectivity index (χ2n) is 4.02. The summed E-state index contributed by atoms with van der Waals surface area (Å²) in [5, 5.41) is 0. The molecule has 76 valence electrons. The molecule has 2 unspecified atom stereocenters. The molecule has 0 N–H and O–H groups in total. The second kappa shape index (κ2) is 5.71. The highest BCUT2D eigenvalue weighted by Gasteiger charge is 2.21. The third-order valence-corrected chi connectivity index (χ3v) is 3.21. The predicted octanol–water partition coefficient (Wildman–Crippen LogP) is 3.07. The van der Waals surface area contributed by atoms with Gasteiger partial charge in [-0.25, -0.2) is 0 Å². The van der Waals surface area contributed by atoms with Crippen LogP contribution in [0.4, 0.5) is 0 Å².